The van der Waals surface area contributed by atoms with Gasteiger partial charge in [0, 0.05) is 45.3 Å². The summed E-state index contributed by atoms with van der Waals surface area (Å²) < 4.78 is 4.52. The molecule has 0 aliphatic carbocycles. The molecular weight excluding hydrogens is 743 g/mol. The molecule has 0 radical (unpaired) electrons. The molecule has 8 aromatic carbocycles. The van der Waals surface area contributed by atoms with Crippen molar-refractivity contribution in [3.63, 3.8) is 0 Å². The summed E-state index contributed by atoms with van der Waals surface area (Å²) in [5, 5.41) is 6.31. The van der Waals surface area contributed by atoms with Gasteiger partial charge in [0.1, 0.15) is 17.2 Å². The van der Waals surface area contributed by atoms with E-state index in [9.17, 15) is 0 Å². The summed E-state index contributed by atoms with van der Waals surface area (Å²) in [6.45, 7) is 0. The van der Waals surface area contributed by atoms with Gasteiger partial charge < -0.3 is 14.8 Å². The zero-order valence-corrected chi connectivity index (χ0v) is 33.2. The number of nitrogens with zero attached hydrogens (tertiary/aromatic N) is 4. The molecule has 11 aromatic rings. The zero-order valence-electron chi connectivity index (χ0n) is 33.2. The number of aromatic nitrogens is 3. The number of anilines is 4. The summed E-state index contributed by atoms with van der Waals surface area (Å²) in [6, 6.07) is 78.5. The van der Waals surface area contributed by atoms with Crippen LogP contribution in [-0.4, -0.2) is 14.0 Å². The Morgan fingerprint density at radius 2 is 1.08 bits per heavy atom. The minimum absolute atomic E-state index is 0.0277. The zero-order chi connectivity index (χ0) is 40.3. The quantitative estimate of drug-likeness (QED) is 0.175. The molecule has 1 aliphatic heterocycles. The third-order valence-electron chi connectivity index (χ3n) is 12.2. The lowest BCUT2D eigenvalue weighted by atomic mass is 9.89. The summed E-state index contributed by atoms with van der Waals surface area (Å²) in [4.78, 5) is 7.38. The second-order valence-electron chi connectivity index (χ2n) is 15.7. The first-order valence-corrected chi connectivity index (χ1v) is 20.8. The first-order valence-electron chi connectivity index (χ1n) is 20.8. The molecule has 0 saturated carbocycles. The van der Waals surface area contributed by atoms with Gasteiger partial charge in [-0.05, 0) is 112 Å². The highest BCUT2D eigenvalue weighted by atomic mass is 15.2. The van der Waals surface area contributed by atoms with Crippen LogP contribution in [0, 0.1) is 0 Å². The normalized spacial score (nSPS) is 13.2. The first kappa shape index (κ1) is 34.9. The fraction of sp³-hybridized carbons (Fsp3) is 0.0179. The van der Waals surface area contributed by atoms with Crippen LogP contribution in [0.4, 0.5) is 22.9 Å². The fourth-order valence-corrected chi connectivity index (χ4v) is 9.30. The number of pyridine rings is 1. The molecule has 5 heteroatoms. The van der Waals surface area contributed by atoms with Gasteiger partial charge in [0.05, 0.1) is 17.1 Å². The largest absolute Gasteiger partial charge is 0.358 e. The van der Waals surface area contributed by atoms with Crippen molar-refractivity contribution in [2.45, 2.75) is 6.04 Å². The van der Waals surface area contributed by atoms with Gasteiger partial charge >= 0.3 is 0 Å². The molecule has 1 N–H and O–H groups in total. The van der Waals surface area contributed by atoms with Gasteiger partial charge in [-0.1, -0.05) is 140 Å². The molecule has 4 heterocycles. The lowest BCUT2D eigenvalue weighted by Gasteiger charge is -2.28. The SMILES string of the molecule is c1ccc(-c2ccc(N(c3ccc(-c4cccc(C5Nc6c(nc7ccccn67)-c6ccccc65)c4)cc3)c3ccc4c(c3)c3ccccc3n4-c3ccccc3)cc2)cc1. The Morgan fingerprint density at radius 1 is 0.459 bits per heavy atom. The van der Waals surface area contributed by atoms with Crippen LogP contribution in [0.25, 0.3) is 66.7 Å². The van der Waals surface area contributed by atoms with Gasteiger partial charge in [-0.25, -0.2) is 4.98 Å². The summed E-state index contributed by atoms with van der Waals surface area (Å²) >= 11 is 0. The topological polar surface area (TPSA) is 37.5 Å². The molecule has 1 unspecified atom stereocenters. The third-order valence-corrected chi connectivity index (χ3v) is 12.2. The Kier molecular flexibility index (Phi) is 8.17. The van der Waals surface area contributed by atoms with Crippen molar-refractivity contribution in [1.82, 2.24) is 14.0 Å². The van der Waals surface area contributed by atoms with E-state index < -0.39 is 0 Å². The standard InChI is InChI=1S/C56H39N5/c1-3-14-38(15-4-1)39-25-29-44(30-26-39)60(46-33-34-52-50(37-46)47-20-9-10-23-51(47)61(52)43-18-5-2-6-19-43)45-31-27-40(28-32-45)41-16-13-17-42(36-41)54-48-21-7-8-22-49(48)55-56(58-54)59-35-12-11-24-53(59)57-55/h1-37,54,58H. The number of hydrogen-bond acceptors (Lipinski definition) is 3. The average molecular weight is 782 g/mol. The maximum Gasteiger partial charge on any atom is 0.139 e. The lowest BCUT2D eigenvalue weighted by molar-refractivity contribution is 0.910. The molecule has 0 bridgehead atoms. The predicted octanol–water partition coefficient (Wildman–Crippen LogP) is 14.4. The molecule has 0 saturated heterocycles. The number of nitrogens with one attached hydrogen (secondary N) is 1. The van der Waals surface area contributed by atoms with Crippen molar-refractivity contribution < 1.29 is 0 Å². The summed E-state index contributed by atoms with van der Waals surface area (Å²) in [5.41, 5.74) is 17.0. The van der Waals surface area contributed by atoms with Gasteiger partial charge in [0.25, 0.3) is 0 Å². The van der Waals surface area contributed by atoms with Crippen molar-refractivity contribution >= 4 is 50.3 Å². The second-order valence-corrected chi connectivity index (χ2v) is 15.7. The highest BCUT2D eigenvalue weighted by molar-refractivity contribution is 6.10. The van der Waals surface area contributed by atoms with Crippen molar-refractivity contribution in [3.05, 3.63) is 236 Å². The van der Waals surface area contributed by atoms with Crippen LogP contribution in [0.5, 0.6) is 0 Å². The van der Waals surface area contributed by atoms with Crippen molar-refractivity contribution in [1.29, 1.82) is 0 Å². The smallest absolute Gasteiger partial charge is 0.139 e. The minimum Gasteiger partial charge on any atom is -0.358 e. The molecular formula is C56H39N5. The number of fused-ring (bicyclic) bond motifs is 8. The van der Waals surface area contributed by atoms with Crippen LogP contribution in [0.3, 0.4) is 0 Å². The van der Waals surface area contributed by atoms with E-state index in [1.165, 1.54) is 55.2 Å². The number of para-hydroxylation sites is 2. The number of hydrogen-bond donors (Lipinski definition) is 1. The summed E-state index contributed by atoms with van der Waals surface area (Å²) in [6.07, 6.45) is 2.08. The van der Waals surface area contributed by atoms with E-state index in [1.54, 1.807) is 0 Å². The molecule has 0 spiro atoms. The van der Waals surface area contributed by atoms with E-state index in [-0.39, 0.29) is 6.04 Å². The molecule has 0 amide bonds. The molecule has 3 aromatic heterocycles. The van der Waals surface area contributed by atoms with Crippen LogP contribution in [0.2, 0.25) is 0 Å². The van der Waals surface area contributed by atoms with Crippen molar-refractivity contribution in [2.24, 2.45) is 0 Å². The third kappa shape index (κ3) is 5.89. The molecule has 1 atom stereocenters. The Hall–Kier alpha value is -8.15. The highest BCUT2D eigenvalue weighted by Gasteiger charge is 2.29. The average Bonchev–Trinajstić information content (AvgIpc) is 3.88. The van der Waals surface area contributed by atoms with Gasteiger partial charge in [-0.15, -0.1) is 0 Å². The predicted molar refractivity (Wildman–Crippen MR) is 252 cm³/mol. The van der Waals surface area contributed by atoms with Crippen molar-refractivity contribution in [3.8, 4) is 39.2 Å². The fourth-order valence-electron chi connectivity index (χ4n) is 9.30. The Labute approximate surface area is 354 Å². The molecule has 5 nitrogen and oxygen atoms in total. The van der Waals surface area contributed by atoms with Crippen molar-refractivity contribution in [2.75, 3.05) is 10.2 Å². The Bertz CT molecular complexity index is 3380. The maximum atomic E-state index is 5.01. The van der Waals surface area contributed by atoms with Crippen LogP contribution >= 0.6 is 0 Å². The number of imidazole rings is 1. The van der Waals surface area contributed by atoms with Crippen LogP contribution in [-0.2, 0) is 0 Å². The molecule has 12 rings (SSSR count). The summed E-state index contributed by atoms with van der Waals surface area (Å²) in [7, 11) is 0. The molecule has 61 heavy (non-hydrogen) atoms. The minimum atomic E-state index is -0.0277. The van der Waals surface area contributed by atoms with E-state index in [0.717, 1.165) is 45.5 Å². The van der Waals surface area contributed by atoms with Gasteiger partial charge in [-0.2, -0.15) is 0 Å². The van der Waals surface area contributed by atoms with E-state index in [4.69, 9.17) is 4.98 Å². The molecule has 288 valence electrons. The molecule has 0 fully saturated rings. The second kappa shape index (κ2) is 14.3. The van der Waals surface area contributed by atoms with Crippen LogP contribution < -0.4 is 10.2 Å². The Balaban J connectivity index is 0.941. The van der Waals surface area contributed by atoms with E-state index in [2.05, 4.69) is 238 Å². The Morgan fingerprint density at radius 3 is 1.89 bits per heavy atom. The van der Waals surface area contributed by atoms with Gasteiger partial charge in [-0.3, -0.25) is 4.40 Å². The first-order chi connectivity index (χ1) is 30.2. The van der Waals surface area contributed by atoms with E-state index >= 15 is 0 Å². The van der Waals surface area contributed by atoms with Crippen LogP contribution in [0.1, 0.15) is 17.2 Å². The van der Waals surface area contributed by atoms with Crippen LogP contribution in [0.15, 0.2) is 225 Å². The molecule has 1 aliphatic rings. The number of benzene rings is 8. The van der Waals surface area contributed by atoms with E-state index in [0.29, 0.717) is 0 Å². The summed E-state index contributed by atoms with van der Waals surface area (Å²) in [5.74, 6) is 1.02. The lowest BCUT2D eigenvalue weighted by Crippen LogP contribution is -2.19. The monoisotopic (exact) mass is 781 g/mol. The van der Waals surface area contributed by atoms with E-state index in [1.807, 2.05) is 6.07 Å². The highest BCUT2D eigenvalue weighted by Crippen LogP contribution is 2.44. The number of rotatable bonds is 7. The van der Waals surface area contributed by atoms with Gasteiger partial charge in [0.2, 0.25) is 0 Å². The maximum absolute atomic E-state index is 5.01. The van der Waals surface area contributed by atoms with Gasteiger partial charge in [0.15, 0.2) is 0 Å².